The first-order chi connectivity index (χ1) is 10.4. The third-order valence-corrected chi connectivity index (χ3v) is 3.90. The molecule has 1 saturated carbocycles. The summed E-state index contributed by atoms with van der Waals surface area (Å²) in [6.45, 7) is 10.6. The van der Waals surface area contributed by atoms with Gasteiger partial charge in [-0.25, -0.2) is 4.79 Å². The first-order valence-corrected chi connectivity index (χ1v) is 7.88. The number of alkyl carbamates (subject to hydrolysis) is 1. The molecule has 0 saturated heterocycles. The van der Waals surface area contributed by atoms with Gasteiger partial charge in [0.1, 0.15) is 12.1 Å². The molecule has 1 aliphatic carbocycles. The maximum absolute atomic E-state index is 12.1. The number of amides is 2. The van der Waals surface area contributed by atoms with Crippen molar-refractivity contribution in [1.29, 1.82) is 0 Å². The van der Waals surface area contributed by atoms with E-state index < -0.39 is 22.6 Å². The van der Waals surface area contributed by atoms with E-state index in [0.29, 0.717) is 19.4 Å². The standard InChI is InChI=1S/C16H28N2O5/c1-7-22-12(20)15(5,6)16(8-9-16)18-11(19)10-17-13(21)23-14(2,3)4/h7-10H2,1-6H3,(H,17,21)(H,18,19). The van der Waals surface area contributed by atoms with Crippen LogP contribution in [-0.2, 0) is 19.1 Å². The minimum atomic E-state index is -0.815. The van der Waals surface area contributed by atoms with Crippen molar-refractivity contribution < 1.29 is 23.9 Å². The lowest BCUT2D eigenvalue weighted by Gasteiger charge is -2.33. The number of ether oxygens (including phenoxy) is 2. The van der Waals surface area contributed by atoms with Crippen LogP contribution in [0.5, 0.6) is 0 Å². The third-order valence-electron chi connectivity index (χ3n) is 3.90. The normalized spacial score (nSPS) is 16.3. The Morgan fingerprint density at radius 2 is 1.65 bits per heavy atom. The van der Waals surface area contributed by atoms with Crippen molar-refractivity contribution >= 4 is 18.0 Å². The molecule has 0 aromatic heterocycles. The molecule has 1 aliphatic rings. The maximum Gasteiger partial charge on any atom is 0.408 e. The van der Waals surface area contributed by atoms with Crippen LogP contribution < -0.4 is 10.6 Å². The van der Waals surface area contributed by atoms with Gasteiger partial charge in [-0.3, -0.25) is 9.59 Å². The zero-order valence-electron chi connectivity index (χ0n) is 14.9. The number of rotatable bonds is 6. The summed E-state index contributed by atoms with van der Waals surface area (Å²) in [6, 6.07) is 0. The van der Waals surface area contributed by atoms with Gasteiger partial charge in [0.15, 0.2) is 0 Å². The van der Waals surface area contributed by atoms with Crippen molar-refractivity contribution in [2.45, 2.75) is 65.5 Å². The average Bonchev–Trinajstić information content (AvgIpc) is 3.16. The molecule has 0 aliphatic heterocycles. The van der Waals surface area contributed by atoms with Crippen molar-refractivity contribution in [3.63, 3.8) is 0 Å². The smallest absolute Gasteiger partial charge is 0.408 e. The van der Waals surface area contributed by atoms with Crippen LogP contribution in [-0.4, -0.2) is 42.3 Å². The summed E-state index contributed by atoms with van der Waals surface area (Å²) >= 11 is 0. The van der Waals surface area contributed by atoms with E-state index in [1.165, 1.54) is 0 Å². The second kappa shape index (κ2) is 6.76. The Hall–Kier alpha value is -1.79. The summed E-state index contributed by atoms with van der Waals surface area (Å²) in [6.07, 6.45) is 0.760. The number of hydrogen-bond donors (Lipinski definition) is 2. The van der Waals surface area contributed by atoms with Gasteiger partial charge in [-0.2, -0.15) is 0 Å². The maximum atomic E-state index is 12.1. The van der Waals surface area contributed by atoms with Crippen LogP contribution in [0.15, 0.2) is 0 Å². The van der Waals surface area contributed by atoms with E-state index >= 15 is 0 Å². The van der Waals surface area contributed by atoms with Crippen LogP contribution in [0.4, 0.5) is 4.79 Å². The molecule has 0 heterocycles. The largest absolute Gasteiger partial charge is 0.466 e. The second-order valence-electron chi connectivity index (χ2n) is 7.33. The number of carbonyl (C=O) groups excluding carboxylic acids is 3. The molecule has 1 rings (SSSR count). The molecule has 0 aromatic carbocycles. The van der Waals surface area contributed by atoms with E-state index in [2.05, 4.69) is 10.6 Å². The molecule has 0 radical (unpaired) electrons. The number of esters is 1. The van der Waals surface area contributed by atoms with Crippen LogP contribution in [0.3, 0.4) is 0 Å². The molecule has 0 bridgehead atoms. The van der Waals surface area contributed by atoms with E-state index in [1.807, 2.05) is 0 Å². The monoisotopic (exact) mass is 328 g/mol. The van der Waals surface area contributed by atoms with Crippen molar-refractivity contribution in [2.24, 2.45) is 5.41 Å². The fourth-order valence-electron chi connectivity index (χ4n) is 2.32. The van der Waals surface area contributed by atoms with Gasteiger partial charge in [0.05, 0.1) is 17.6 Å². The van der Waals surface area contributed by atoms with E-state index in [4.69, 9.17) is 9.47 Å². The first-order valence-electron chi connectivity index (χ1n) is 7.88. The second-order valence-corrected chi connectivity index (χ2v) is 7.33. The zero-order chi connectivity index (χ0) is 17.9. The molecule has 2 N–H and O–H groups in total. The summed E-state index contributed by atoms with van der Waals surface area (Å²) in [5.41, 5.74) is -2.04. The molecule has 7 nitrogen and oxygen atoms in total. The highest BCUT2D eigenvalue weighted by molar-refractivity contribution is 5.85. The minimum absolute atomic E-state index is 0.199. The number of hydrogen-bond acceptors (Lipinski definition) is 5. The van der Waals surface area contributed by atoms with Gasteiger partial charge in [-0.1, -0.05) is 0 Å². The van der Waals surface area contributed by atoms with Crippen molar-refractivity contribution in [2.75, 3.05) is 13.2 Å². The highest BCUT2D eigenvalue weighted by Crippen LogP contribution is 2.50. The van der Waals surface area contributed by atoms with Crippen LogP contribution in [0.2, 0.25) is 0 Å². The predicted molar refractivity (Wildman–Crippen MR) is 84.8 cm³/mol. The van der Waals surface area contributed by atoms with E-state index in [1.54, 1.807) is 41.5 Å². The molecule has 0 aromatic rings. The van der Waals surface area contributed by atoms with Gasteiger partial charge in [0.2, 0.25) is 5.91 Å². The van der Waals surface area contributed by atoms with Crippen LogP contribution >= 0.6 is 0 Å². The van der Waals surface area contributed by atoms with Gasteiger partial charge in [0.25, 0.3) is 0 Å². The van der Waals surface area contributed by atoms with E-state index in [-0.39, 0.29) is 18.4 Å². The van der Waals surface area contributed by atoms with Crippen LogP contribution in [0, 0.1) is 5.41 Å². The molecular formula is C16H28N2O5. The third kappa shape index (κ3) is 5.11. The average molecular weight is 328 g/mol. The van der Waals surface area contributed by atoms with E-state index in [9.17, 15) is 14.4 Å². The van der Waals surface area contributed by atoms with Gasteiger partial charge in [0, 0.05) is 0 Å². The Labute approximate surface area is 137 Å². The zero-order valence-corrected chi connectivity index (χ0v) is 14.9. The van der Waals surface area contributed by atoms with Gasteiger partial charge < -0.3 is 20.1 Å². The molecule has 1 fully saturated rings. The topological polar surface area (TPSA) is 93.7 Å². The lowest BCUT2D eigenvalue weighted by Crippen LogP contribution is -2.54. The molecule has 0 atom stereocenters. The Balaban J connectivity index is 2.54. The Morgan fingerprint density at radius 3 is 2.09 bits per heavy atom. The Kier molecular flexibility index (Phi) is 5.66. The SMILES string of the molecule is CCOC(=O)C(C)(C)C1(NC(=O)CNC(=O)OC(C)(C)C)CC1. The lowest BCUT2D eigenvalue weighted by atomic mass is 9.81. The molecule has 23 heavy (non-hydrogen) atoms. The number of carbonyl (C=O) groups is 3. The predicted octanol–water partition coefficient (Wildman–Crippen LogP) is 1.75. The van der Waals surface area contributed by atoms with Crippen molar-refractivity contribution in [1.82, 2.24) is 10.6 Å². The summed E-state index contributed by atoms with van der Waals surface area (Å²) in [7, 11) is 0. The highest BCUT2D eigenvalue weighted by atomic mass is 16.6. The fourth-order valence-corrected chi connectivity index (χ4v) is 2.32. The molecule has 2 amide bonds. The molecular weight excluding hydrogens is 300 g/mol. The summed E-state index contributed by atoms with van der Waals surface area (Å²) in [5.74, 6) is -0.691. The quantitative estimate of drug-likeness (QED) is 0.725. The van der Waals surface area contributed by atoms with Crippen LogP contribution in [0.1, 0.15) is 54.4 Å². The van der Waals surface area contributed by atoms with Crippen LogP contribution in [0.25, 0.3) is 0 Å². The summed E-state index contributed by atoms with van der Waals surface area (Å²) < 4.78 is 10.2. The Bertz CT molecular complexity index is 475. The van der Waals surface area contributed by atoms with E-state index in [0.717, 1.165) is 0 Å². The molecule has 132 valence electrons. The summed E-state index contributed by atoms with van der Waals surface area (Å²) in [4.78, 5) is 35.7. The van der Waals surface area contributed by atoms with Gasteiger partial charge in [-0.15, -0.1) is 0 Å². The lowest BCUT2D eigenvalue weighted by molar-refractivity contribution is -0.156. The fraction of sp³-hybridized carbons (Fsp3) is 0.812. The highest BCUT2D eigenvalue weighted by Gasteiger charge is 2.59. The van der Waals surface area contributed by atoms with Gasteiger partial charge >= 0.3 is 12.1 Å². The molecule has 7 heteroatoms. The minimum Gasteiger partial charge on any atom is -0.466 e. The Morgan fingerprint density at radius 1 is 1.09 bits per heavy atom. The molecule has 0 unspecified atom stereocenters. The van der Waals surface area contributed by atoms with Gasteiger partial charge in [-0.05, 0) is 54.4 Å². The molecule has 0 spiro atoms. The number of nitrogens with one attached hydrogen (secondary N) is 2. The first kappa shape index (κ1) is 19.3. The van der Waals surface area contributed by atoms with Crippen molar-refractivity contribution in [3.05, 3.63) is 0 Å². The summed E-state index contributed by atoms with van der Waals surface area (Å²) in [5, 5.41) is 5.26. The van der Waals surface area contributed by atoms with Crippen molar-refractivity contribution in [3.8, 4) is 0 Å².